The van der Waals surface area contributed by atoms with Gasteiger partial charge in [-0.15, -0.1) is 0 Å². The van der Waals surface area contributed by atoms with Gasteiger partial charge in [0.15, 0.2) is 5.65 Å². The average molecular weight is 617 g/mol. The van der Waals surface area contributed by atoms with Crippen molar-refractivity contribution in [2.75, 3.05) is 18.0 Å². The maximum atomic E-state index is 15.1. The molecule has 1 aromatic carbocycles. The number of nitrogens with zero attached hydrogens (tertiary/aromatic N) is 6. The molecule has 2 atom stereocenters. The van der Waals surface area contributed by atoms with Crippen molar-refractivity contribution in [2.24, 2.45) is 0 Å². The molecular formula is C34H38ClFN6O2. The predicted octanol–water partition coefficient (Wildman–Crippen LogP) is 6.80. The number of aromatic nitrogens is 4. The van der Waals surface area contributed by atoms with Gasteiger partial charge in [-0.05, 0) is 68.5 Å². The molecule has 4 heterocycles. The van der Waals surface area contributed by atoms with E-state index < -0.39 is 11.5 Å². The van der Waals surface area contributed by atoms with E-state index in [2.05, 4.69) is 25.4 Å². The first-order valence-corrected chi connectivity index (χ1v) is 15.3. The molecule has 0 spiro atoms. The van der Waals surface area contributed by atoms with Crippen LogP contribution in [-0.2, 0) is 4.79 Å². The summed E-state index contributed by atoms with van der Waals surface area (Å²) in [7, 11) is 0. The highest BCUT2D eigenvalue weighted by atomic mass is 35.5. The van der Waals surface area contributed by atoms with E-state index in [-0.39, 0.29) is 46.1 Å². The minimum Gasteiger partial charge on any atom is -0.349 e. The number of carbonyl (C=O) groups is 1. The Morgan fingerprint density at radius 3 is 2.39 bits per heavy atom. The number of aryl methyl sites for hydroxylation is 1. The maximum absolute atomic E-state index is 15.1. The van der Waals surface area contributed by atoms with Gasteiger partial charge in [0.05, 0.1) is 27.5 Å². The average Bonchev–Trinajstić information content (AvgIpc) is 2.97. The highest BCUT2D eigenvalue weighted by Crippen LogP contribution is 2.37. The monoisotopic (exact) mass is 616 g/mol. The number of hydrogen-bond acceptors (Lipinski definition) is 6. The van der Waals surface area contributed by atoms with Crippen LogP contribution in [0, 0.1) is 12.7 Å². The number of benzene rings is 1. The normalized spacial score (nSPS) is 17.2. The zero-order chi connectivity index (χ0) is 32.0. The molecule has 0 radical (unpaired) electrons. The Kier molecular flexibility index (Phi) is 8.62. The number of anilines is 1. The molecule has 0 bridgehead atoms. The van der Waals surface area contributed by atoms with E-state index in [0.717, 1.165) is 17.0 Å². The number of halogens is 2. The Morgan fingerprint density at radius 1 is 1.05 bits per heavy atom. The lowest BCUT2D eigenvalue weighted by atomic mass is 10.00. The van der Waals surface area contributed by atoms with Gasteiger partial charge in [0.1, 0.15) is 11.6 Å². The predicted molar refractivity (Wildman–Crippen MR) is 174 cm³/mol. The molecule has 1 aliphatic rings. The van der Waals surface area contributed by atoms with E-state index in [9.17, 15) is 9.59 Å². The lowest BCUT2D eigenvalue weighted by molar-refractivity contribution is -0.128. The van der Waals surface area contributed by atoms with Crippen molar-refractivity contribution >= 4 is 34.4 Å². The molecule has 0 aliphatic carbocycles. The zero-order valence-electron chi connectivity index (χ0n) is 26.2. The van der Waals surface area contributed by atoms with Crippen molar-refractivity contribution < 1.29 is 9.18 Å². The van der Waals surface area contributed by atoms with Gasteiger partial charge < -0.3 is 9.80 Å². The number of rotatable bonds is 6. The van der Waals surface area contributed by atoms with Crippen molar-refractivity contribution in [3.05, 3.63) is 87.3 Å². The Morgan fingerprint density at radius 2 is 1.75 bits per heavy atom. The molecule has 44 heavy (non-hydrogen) atoms. The van der Waals surface area contributed by atoms with Gasteiger partial charge >= 0.3 is 5.69 Å². The minimum atomic E-state index is -0.532. The van der Waals surface area contributed by atoms with E-state index >= 15 is 4.39 Å². The number of carbonyl (C=O) groups excluding carboxylic acids is 1. The van der Waals surface area contributed by atoms with Crippen LogP contribution in [0.4, 0.5) is 10.2 Å². The first-order chi connectivity index (χ1) is 20.8. The SMILES string of the molecule is C=CC(=O)N1C[C@H](C)N(c2nc(=O)n(-c3c(C)cc(C(C)C)nc3C(C)C)c3nc(-c4ccccc4F)c(Cl)cc23)C[C@@H]1C. The Labute approximate surface area is 262 Å². The number of amides is 1. The molecule has 4 aromatic rings. The quantitative estimate of drug-likeness (QED) is 0.222. The van der Waals surface area contributed by atoms with Gasteiger partial charge in [0.25, 0.3) is 0 Å². The van der Waals surface area contributed by atoms with Crippen LogP contribution in [0.1, 0.15) is 70.3 Å². The fourth-order valence-corrected chi connectivity index (χ4v) is 6.17. The number of piperazine rings is 1. The van der Waals surface area contributed by atoms with Gasteiger partial charge in [0.2, 0.25) is 5.91 Å². The molecule has 3 aromatic heterocycles. The third-order valence-corrected chi connectivity index (χ3v) is 8.53. The van der Waals surface area contributed by atoms with Gasteiger partial charge in [0, 0.05) is 36.4 Å². The van der Waals surface area contributed by atoms with Gasteiger partial charge in [-0.2, -0.15) is 4.98 Å². The second-order valence-electron chi connectivity index (χ2n) is 12.2. The van der Waals surface area contributed by atoms with E-state index in [1.165, 1.54) is 16.7 Å². The maximum Gasteiger partial charge on any atom is 0.355 e. The van der Waals surface area contributed by atoms with Crippen LogP contribution in [0.2, 0.25) is 5.02 Å². The summed E-state index contributed by atoms with van der Waals surface area (Å²) in [6, 6.07) is 9.65. The molecule has 0 unspecified atom stereocenters. The summed E-state index contributed by atoms with van der Waals surface area (Å²) in [6.07, 6.45) is 1.31. The Hall–Kier alpha value is -4.11. The molecule has 1 amide bonds. The summed E-state index contributed by atoms with van der Waals surface area (Å²) in [5.74, 6) is -0.0358. The molecule has 0 saturated carbocycles. The molecular weight excluding hydrogens is 579 g/mol. The Balaban J connectivity index is 1.84. The van der Waals surface area contributed by atoms with Crippen LogP contribution >= 0.6 is 11.6 Å². The van der Waals surface area contributed by atoms with Crippen LogP contribution in [-0.4, -0.2) is 55.5 Å². The zero-order valence-corrected chi connectivity index (χ0v) is 27.0. The van der Waals surface area contributed by atoms with E-state index in [4.69, 9.17) is 21.6 Å². The highest BCUT2D eigenvalue weighted by molar-refractivity contribution is 6.33. The number of hydrogen-bond donors (Lipinski definition) is 0. The third-order valence-electron chi connectivity index (χ3n) is 8.24. The van der Waals surface area contributed by atoms with Crippen LogP contribution in [0.3, 0.4) is 0 Å². The standard InChI is InChI=1S/C34H38ClFN6O2/c1-9-28(43)40-16-22(8)41(17-21(40)7)32-24-15-25(35)30(23-12-10-11-13-26(23)36)38-33(24)42(34(44)39-32)31-20(6)14-27(18(2)3)37-29(31)19(4)5/h9-15,18-19,21-22H,1,16-17H2,2-8H3/t21-,22-/m0/s1. The molecule has 0 N–H and O–H groups in total. The topological polar surface area (TPSA) is 84.2 Å². The summed E-state index contributed by atoms with van der Waals surface area (Å²) < 4.78 is 16.6. The summed E-state index contributed by atoms with van der Waals surface area (Å²) >= 11 is 6.84. The van der Waals surface area contributed by atoms with Crippen LogP contribution in [0.15, 0.2) is 53.8 Å². The van der Waals surface area contributed by atoms with Crippen molar-refractivity contribution in [1.29, 1.82) is 0 Å². The molecule has 1 aliphatic heterocycles. The van der Waals surface area contributed by atoms with Crippen LogP contribution < -0.4 is 10.6 Å². The summed E-state index contributed by atoms with van der Waals surface area (Å²) in [5.41, 5.74) is 3.35. The van der Waals surface area contributed by atoms with Crippen molar-refractivity contribution in [1.82, 2.24) is 24.4 Å². The number of pyridine rings is 2. The third kappa shape index (κ3) is 5.49. The second kappa shape index (κ2) is 12.1. The summed E-state index contributed by atoms with van der Waals surface area (Å²) in [5, 5.41) is 0.769. The molecule has 1 fully saturated rings. The minimum absolute atomic E-state index is 0.0151. The fraction of sp³-hybridized carbons (Fsp3) is 0.382. The Bertz CT molecular complexity index is 1840. The lowest BCUT2D eigenvalue weighted by Gasteiger charge is -2.44. The van der Waals surface area contributed by atoms with Crippen molar-refractivity contribution in [2.45, 2.75) is 72.4 Å². The molecule has 1 saturated heterocycles. The fourth-order valence-electron chi connectivity index (χ4n) is 5.92. The van der Waals surface area contributed by atoms with Crippen molar-refractivity contribution in [3.63, 3.8) is 0 Å². The van der Waals surface area contributed by atoms with Crippen LogP contribution in [0.5, 0.6) is 0 Å². The van der Waals surface area contributed by atoms with E-state index in [1.807, 2.05) is 45.6 Å². The molecule has 8 nitrogen and oxygen atoms in total. The van der Waals surface area contributed by atoms with E-state index in [0.29, 0.717) is 35.6 Å². The van der Waals surface area contributed by atoms with E-state index in [1.54, 1.807) is 29.2 Å². The largest absolute Gasteiger partial charge is 0.355 e. The first-order valence-electron chi connectivity index (χ1n) is 14.9. The number of fused-ring (bicyclic) bond motifs is 1. The van der Waals surface area contributed by atoms with Crippen LogP contribution in [0.25, 0.3) is 28.0 Å². The highest BCUT2D eigenvalue weighted by Gasteiger charge is 2.34. The van der Waals surface area contributed by atoms with Gasteiger partial charge in [-0.3, -0.25) is 9.78 Å². The summed E-state index contributed by atoms with van der Waals surface area (Å²) in [6.45, 7) is 18.6. The summed E-state index contributed by atoms with van der Waals surface area (Å²) in [4.78, 5) is 45.1. The molecule has 5 rings (SSSR count). The second-order valence-corrected chi connectivity index (χ2v) is 12.6. The lowest BCUT2D eigenvalue weighted by Crippen LogP contribution is -2.58. The van der Waals surface area contributed by atoms with Gasteiger partial charge in [-0.25, -0.2) is 18.7 Å². The van der Waals surface area contributed by atoms with Crippen molar-refractivity contribution in [3.8, 4) is 16.9 Å². The first kappa shape index (κ1) is 31.3. The molecule has 10 heteroatoms. The molecule has 230 valence electrons. The van der Waals surface area contributed by atoms with Gasteiger partial charge in [-0.1, -0.05) is 58.0 Å². The smallest absolute Gasteiger partial charge is 0.349 e.